The molecule has 15 aromatic rings. The molecule has 612 valence electrons. The van der Waals surface area contributed by atoms with Gasteiger partial charge in [0.2, 0.25) is 40.5 Å². The quantitative estimate of drug-likeness (QED) is 0.140. The number of ether oxygens (including phenoxy) is 7. The molecule has 0 fully saturated rings. The minimum Gasteiger partial charge on any atom is -0.462 e. The van der Waals surface area contributed by atoms with Crippen molar-refractivity contribution < 1.29 is 75.6 Å². The molecule has 1 N–H and O–H groups in total. The molecule has 0 radical (unpaired) electrons. The first-order chi connectivity index (χ1) is 60.2. The van der Waals surface area contributed by atoms with E-state index in [-0.39, 0.29) is 40.5 Å². The Morgan fingerprint density at radius 2 is 0.734 bits per heavy atom. The van der Waals surface area contributed by atoms with Crippen LogP contribution in [0.4, 0.5) is 0 Å². The minimum atomic E-state index is -0.102. The maximum Gasteiger partial charge on any atom is 0.232 e. The van der Waals surface area contributed by atoms with Gasteiger partial charge in [-0.25, -0.2) is 0 Å². The highest BCUT2D eigenvalue weighted by molar-refractivity contribution is 9.11. The van der Waals surface area contributed by atoms with Crippen LogP contribution in [0.3, 0.4) is 0 Å². The number of allylic oxidation sites excluding steroid dienone is 7. The monoisotopic (exact) mass is 1900 g/mol. The van der Waals surface area contributed by atoms with E-state index in [1.54, 1.807) is 155 Å². The summed E-state index contributed by atoms with van der Waals surface area (Å²) in [5.41, 5.74) is 6.37. The van der Waals surface area contributed by atoms with Crippen molar-refractivity contribution in [3.05, 3.63) is 416 Å². The number of aromatic amines is 1. The smallest absolute Gasteiger partial charge is 0.232 e. The Bertz CT molecular complexity index is 6690. The van der Waals surface area contributed by atoms with Gasteiger partial charge >= 0.3 is 0 Å². The van der Waals surface area contributed by atoms with Gasteiger partial charge in [-0.3, -0.25) is 33.6 Å². The highest BCUT2D eigenvalue weighted by atomic mass is 79.9. The molecule has 0 amide bonds. The molecule has 17 nitrogen and oxygen atoms in total. The highest BCUT2D eigenvalue weighted by Crippen LogP contribution is 2.41. The third-order valence-corrected chi connectivity index (χ3v) is 25.7. The summed E-state index contributed by atoms with van der Waals surface area (Å²) in [5, 5.41) is 5.01. The Labute approximate surface area is 751 Å². The van der Waals surface area contributed by atoms with Gasteiger partial charge in [-0.15, -0.1) is 45.3 Å². The Morgan fingerprint density at radius 1 is 0.347 bits per heavy atom. The molecule has 0 bridgehead atoms. The molecule has 7 aliphatic heterocycles. The number of furan rings is 2. The average Bonchev–Trinajstić information content (AvgIpc) is 1.64. The van der Waals surface area contributed by atoms with E-state index in [1.807, 2.05) is 227 Å². The molecular formula is C100H66Br3NO16S4. The van der Waals surface area contributed by atoms with Crippen molar-refractivity contribution in [1.29, 1.82) is 0 Å². The summed E-state index contributed by atoms with van der Waals surface area (Å²) < 4.78 is 52.8. The Morgan fingerprint density at radius 3 is 1.10 bits per heavy atom. The number of thiophene rings is 4. The fourth-order valence-electron chi connectivity index (χ4n) is 13.2. The van der Waals surface area contributed by atoms with E-state index in [1.165, 1.54) is 9.75 Å². The van der Waals surface area contributed by atoms with Gasteiger partial charge in [0, 0.05) is 114 Å². The van der Waals surface area contributed by atoms with E-state index in [0.717, 1.165) is 67.3 Å². The van der Waals surface area contributed by atoms with Gasteiger partial charge in [-0.2, -0.15) is 0 Å². The number of benzene rings is 8. The zero-order valence-corrected chi connectivity index (χ0v) is 74.0. The van der Waals surface area contributed by atoms with Gasteiger partial charge in [0.15, 0.2) is 40.3 Å². The first-order valence-corrected chi connectivity index (χ1v) is 44.2. The van der Waals surface area contributed by atoms with E-state index < -0.39 is 0 Å². The number of H-pyrrole nitrogens is 1. The van der Waals surface area contributed by atoms with Crippen molar-refractivity contribution in [2.75, 3.05) is 0 Å². The molecule has 0 saturated heterocycles. The second kappa shape index (κ2) is 37.9. The van der Waals surface area contributed by atoms with Crippen LogP contribution in [0.15, 0.2) is 328 Å². The number of aromatic nitrogens is 1. The lowest BCUT2D eigenvalue weighted by Crippen LogP contribution is -1.97. The van der Waals surface area contributed by atoms with E-state index in [2.05, 4.69) is 52.8 Å². The lowest BCUT2D eigenvalue weighted by Gasteiger charge is -1.97. The molecule has 0 unspecified atom stereocenters. The SMILES string of the molecule is CCc1ccc(/C=C2\Oc3ccccc3C2=O)o1.Cc1ccc(/C=C2\Oc3ccccc3C2=O)o1.Cc1ccc(/C=C2\Oc3ccccc3C2=O)s1.Cc1sc(/C=C2\Oc3ccccc3C2=O)cc1Br.O=C1/C(=C/c2c[nH]c3ccccc23)Oc2ccccc21.O=C1/C(=C/c2cc(Br)cs2)Oc2ccccc21.O=C1/C(=C/c2sccc2Br)Oc2ccccc21. The third kappa shape index (κ3) is 19.2. The van der Waals surface area contributed by atoms with Crippen LogP contribution in [0, 0.1) is 20.8 Å². The molecule has 0 atom stereocenters. The number of hydrogen-bond acceptors (Lipinski definition) is 20. The van der Waals surface area contributed by atoms with Crippen LogP contribution in [-0.4, -0.2) is 45.5 Å². The van der Waals surface area contributed by atoms with E-state index in [4.69, 9.17) is 42.0 Å². The number of halogens is 3. The normalized spacial score (nSPS) is 15.9. The zero-order chi connectivity index (χ0) is 86.1. The summed E-state index contributed by atoms with van der Waals surface area (Å²) in [6.07, 6.45) is 14.9. The maximum absolute atomic E-state index is 12.3. The van der Waals surface area contributed by atoms with Crippen LogP contribution >= 0.6 is 93.1 Å². The average molecular weight is 1910 g/mol. The number of carbonyl (C=O) groups excluding carboxylic acids is 7. The van der Waals surface area contributed by atoms with Gasteiger partial charge in [0.25, 0.3) is 0 Å². The van der Waals surface area contributed by atoms with Crippen LogP contribution in [0.5, 0.6) is 40.2 Å². The largest absolute Gasteiger partial charge is 0.462 e. The number of hydrogen-bond donors (Lipinski definition) is 1. The molecule has 22 rings (SSSR count). The lowest BCUT2D eigenvalue weighted by molar-refractivity contribution is 0.101. The minimum absolute atomic E-state index is 0.0355. The fraction of sp³-hybridized carbons (Fsp3) is 0.0500. The van der Waals surface area contributed by atoms with Crippen molar-refractivity contribution in [2.45, 2.75) is 34.1 Å². The number of nitrogens with one attached hydrogen (secondary N) is 1. The summed E-state index contributed by atoms with van der Waals surface area (Å²) in [7, 11) is 0. The molecule has 14 heterocycles. The molecule has 8 aromatic carbocycles. The Kier molecular flexibility index (Phi) is 25.7. The summed E-state index contributed by atoms with van der Waals surface area (Å²) in [6.45, 7) is 7.94. The van der Waals surface area contributed by atoms with Gasteiger partial charge in [-0.05, 0) is 226 Å². The predicted molar refractivity (Wildman–Crippen MR) is 495 cm³/mol. The van der Waals surface area contributed by atoms with Crippen LogP contribution in [0.25, 0.3) is 53.4 Å². The van der Waals surface area contributed by atoms with Crippen molar-refractivity contribution in [3.63, 3.8) is 0 Å². The predicted octanol–water partition coefficient (Wildman–Crippen LogP) is 26.8. The Hall–Kier alpha value is -13.4. The van der Waals surface area contributed by atoms with Crippen LogP contribution < -0.4 is 33.2 Å². The first-order valence-electron chi connectivity index (χ1n) is 38.5. The first kappa shape index (κ1) is 84.2. The summed E-state index contributed by atoms with van der Waals surface area (Å²) in [4.78, 5) is 94.0. The second-order valence-electron chi connectivity index (χ2n) is 27.7. The number of Topliss-reactive ketones (excluding diaryl/α,β-unsaturated/α-hetero) is 7. The molecule has 124 heavy (non-hydrogen) atoms. The maximum atomic E-state index is 12.3. The fourth-order valence-corrected chi connectivity index (χ4v) is 18.2. The van der Waals surface area contributed by atoms with Crippen LogP contribution in [0.2, 0.25) is 0 Å². The van der Waals surface area contributed by atoms with Gasteiger partial charge in [-0.1, -0.05) is 110 Å². The third-order valence-electron chi connectivity index (χ3n) is 19.2. The highest BCUT2D eigenvalue weighted by Gasteiger charge is 2.33. The number of fused-ring (bicyclic) bond motifs is 8. The van der Waals surface area contributed by atoms with E-state index >= 15 is 0 Å². The molecule has 7 aromatic heterocycles. The molecule has 0 aliphatic carbocycles. The van der Waals surface area contributed by atoms with E-state index in [9.17, 15) is 33.6 Å². The number of carbonyl (C=O) groups is 7. The number of ketones is 7. The number of para-hydroxylation sites is 8. The van der Waals surface area contributed by atoms with E-state index in [0.29, 0.717) is 131 Å². The molecule has 24 heteroatoms. The van der Waals surface area contributed by atoms with Crippen molar-refractivity contribution >= 4 is 187 Å². The summed E-state index contributed by atoms with van der Waals surface area (Å²) >= 11 is 16.7. The van der Waals surface area contributed by atoms with Crippen LogP contribution in [-0.2, 0) is 6.42 Å². The standard InChI is InChI=1S/C17H11NO2.C15H12O3.C14H9BrO2S.C14H10O3.C14H10O2S.2C13H7BrO2S/c19-17-13-6-2-4-8-15(13)20-16(17)9-11-10-18-14-7-3-1-5-12(11)14;1-2-10-7-8-11(17-10)9-14-15(16)12-5-3-4-6-13(12)18-14;1-8-11(15)6-9(18-8)7-13-14(16)10-4-2-3-5-12(10)17-13;1-9-6-7-10(16-9)8-13-14(15)11-4-2-3-5-12(11)17-13;1-9-6-7-10(17-9)8-13-14(15)11-4-2-3-5-12(11)16-13;14-8-5-9(17-7-8)6-12-13(15)10-3-1-2-4-11(10)16-12;14-9-5-6-17-12(9)7-11-13(15)8-3-1-2-4-10(8)16-11/h1-10,18H;3-9H,2H2,1H3;2-7H,1H3;2*2-8H,1H3;2*1-7H/b16-9-;14-9-;13-7-;2*13-8-;12-6-;11-7-. The Balaban J connectivity index is 0.000000107. The molecule has 7 aliphatic rings. The molecular weight excluding hydrogens is 1840 g/mol. The summed E-state index contributed by atoms with van der Waals surface area (Å²) in [6, 6.07) is 76.2. The van der Waals surface area contributed by atoms with Crippen molar-refractivity contribution in [3.8, 4) is 40.2 Å². The molecule has 0 spiro atoms. The van der Waals surface area contributed by atoms with Crippen LogP contribution in [0.1, 0.15) is 137 Å². The van der Waals surface area contributed by atoms with Gasteiger partial charge in [0.1, 0.15) is 63.3 Å². The van der Waals surface area contributed by atoms with Gasteiger partial charge in [0.05, 0.1) is 38.9 Å². The van der Waals surface area contributed by atoms with Crippen molar-refractivity contribution in [1.82, 2.24) is 4.98 Å². The number of rotatable bonds is 8. The summed E-state index contributed by atoms with van der Waals surface area (Å²) in [5.74, 6) is 9.48. The topological polar surface area (TPSA) is 226 Å². The zero-order valence-electron chi connectivity index (χ0n) is 66.0. The van der Waals surface area contributed by atoms with Crippen molar-refractivity contribution in [2.24, 2.45) is 0 Å². The van der Waals surface area contributed by atoms with Gasteiger partial charge < -0.3 is 47.0 Å². The lowest BCUT2D eigenvalue weighted by atomic mass is 10.1. The molecule has 0 saturated carbocycles. The second-order valence-corrected chi connectivity index (χ2v) is 34.9. The number of aryl methyl sites for hydroxylation is 4.